The largest absolute Gasteiger partial charge is 0.496 e. The van der Waals surface area contributed by atoms with Crippen LogP contribution in [0.4, 0.5) is 0 Å². The summed E-state index contributed by atoms with van der Waals surface area (Å²) in [5, 5.41) is 3.66. The molecule has 19 heavy (non-hydrogen) atoms. The summed E-state index contributed by atoms with van der Waals surface area (Å²) in [6.45, 7) is 6.22. The Kier molecular flexibility index (Phi) is 5.25. The molecule has 0 saturated carbocycles. The van der Waals surface area contributed by atoms with Gasteiger partial charge in [-0.3, -0.25) is 0 Å². The highest BCUT2D eigenvalue weighted by molar-refractivity contribution is 9.10. The lowest BCUT2D eigenvalue weighted by Crippen LogP contribution is -2.35. The van der Waals surface area contributed by atoms with Crippen LogP contribution >= 0.6 is 15.9 Å². The minimum atomic E-state index is 0.317. The molecule has 3 nitrogen and oxygen atoms in total. The number of rotatable bonds is 5. The van der Waals surface area contributed by atoms with Gasteiger partial charge in [0.2, 0.25) is 0 Å². The predicted octanol–water partition coefficient (Wildman–Crippen LogP) is 3.53. The molecule has 4 heteroatoms. The molecule has 1 N–H and O–H groups in total. The normalized spacial score (nSPS) is 22.2. The first-order valence-electron chi connectivity index (χ1n) is 6.79. The third kappa shape index (κ3) is 3.71. The summed E-state index contributed by atoms with van der Waals surface area (Å²) in [4.78, 5) is 0. The quantitative estimate of drug-likeness (QED) is 0.897. The summed E-state index contributed by atoms with van der Waals surface area (Å²) in [6, 6.07) is 7.02. The van der Waals surface area contributed by atoms with Crippen LogP contribution in [-0.2, 0) is 4.74 Å². The standard InChI is InChI=1S/C15H22BrNO2/c1-10(17-11(2)13-6-7-19-9-13)12-4-5-15(18-3)14(16)8-12/h4-5,8,10-11,13,17H,6-7,9H2,1-3H3. The van der Waals surface area contributed by atoms with E-state index in [2.05, 4.69) is 47.2 Å². The van der Waals surface area contributed by atoms with Crippen LogP contribution in [0.2, 0.25) is 0 Å². The fourth-order valence-corrected chi connectivity index (χ4v) is 3.08. The zero-order valence-electron chi connectivity index (χ0n) is 11.8. The summed E-state index contributed by atoms with van der Waals surface area (Å²) >= 11 is 3.54. The maximum atomic E-state index is 5.45. The van der Waals surface area contributed by atoms with Crippen LogP contribution in [0.1, 0.15) is 31.9 Å². The number of methoxy groups -OCH3 is 1. The molecule has 2 rings (SSSR count). The Hall–Kier alpha value is -0.580. The van der Waals surface area contributed by atoms with Gasteiger partial charge < -0.3 is 14.8 Å². The highest BCUT2D eigenvalue weighted by atomic mass is 79.9. The van der Waals surface area contributed by atoms with Gasteiger partial charge in [-0.15, -0.1) is 0 Å². The lowest BCUT2D eigenvalue weighted by molar-refractivity contribution is 0.177. The Balaban J connectivity index is 1.98. The van der Waals surface area contributed by atoms with Crippen molar-refractivity contribution in [3.05, 3.63) is 28.2 Å². The molecule has 0 aromatic heterocycles. The van der Waals surface area contributed by atoms with Gasteiger partial charge in [-0.25, -0.2) is 0 Å². The van der Waals surface area contributed by atoms with Gasteiger partial charge in [0.15, 0.2) is 0 Å². The average molecular weight is 328 g/mol. The van der Waals surface area contributed by atoms with Crippen LogP contribution in [0.5, 0.6) is 5.75 Å². The molecular formula is C15H22BrNO2. The van der Waals surface area contributed by atoms with Crippen LogP contribution in [0.25, 0.3) is 0 Å². The van der Waals surface area contributed by atoms with Gasteiger partial charge in [-0.1, -0.05) is 6.07 Å². The first kappa shape index (κ1) is 14.8. The summed E-state index contributed by atoms with van der Waals surface area (Å²) in [5.74, 6) is 1.50. The van der Waals surface area contributed by atoms with E-state index >= 15 is 0 Å². The molecule has 1 aromatic rings. The van der Waals surface area contributed by atoms with Crippen molar-refractivity contribution in [1.82, 2.24) is 5.32 Å². The Morgan fingerprint density at radius 1 is 1.42 bits per heavy atom. The fraction of sp³-hybridized carbons (Fsp3) is 0.600. The molecule has 0 radical (unpaired) electrons. The van der Waals surface area contributed by atoms with E-state index in [-0.39, 0.29) is 0 Å². The Bertz CT molecular complexity index is 419. The number of benzene rings is 1. The summed E-state index contributed by atoms with van der Waals surface area (Å²) in [5.41, 5.74) is 1.26. The molecule has 3 unspecified atom stereocenters. The minimum absolute atomic E-state index is 0.317. The van der Waals surface area contributed by atoms with Gasteiger partial charge >= 0.3 is 0 Å². The summed E-state index contributed by atoms with van der Waals surface area (Å²) in [6.07, 6.45) is 1.16. The lowest BCUT2D eigenvalue weighted by atomic mass is 9.98. The molecule has 1 fully saturated rings. The van der Waals surface area contributed by atoms with E-state index in [0.717, 1.165) is 29.9 Å². The summed E-state index contributed by atoms with van der Waals surface area (Å²) in [7, 11) is 1.68. The van der Waals surface area contributed by atoms with E-state index in [4.69, 9.17) is 9.47 Å². The molecule has 0 aliphatic carbocycles. The highest BCUT2D eigenvalue weighted by Gasteiger charge is 2.23. The molecule has 106 valence electrons. The van der Waals surface area contributed by atoms with Crippen molar-refractivity contribution in [2.45, 2.75) is 32.4 Å². The second-order valence-corrected chi connectivity index (χ2v) is 6.05. The zero-order valence-corrected chi connectivity index (χ0v) is 13.4. The van der Waals surface area contributed by atoms with Crippen molar-refractivity contribution < 1.29 is 9.47 Å². The Morgan fingerprint density at radius 3 is 2.79 bits per heavy atom. The van der Waals surface area contributed by atoms with Crippen LogP contribution < -0.4 is 10.1 Å². The van der Waals surface area contributed by atoms with Gasteiger partial charge in [-0.05, 0) is 59.8 Å². The maximum absolute atomic E-state index is 5.45. The van der Waals surface area contributed by atoms with Crippen LogP contribution in [0.15, 0.2) is 22.7 Å². The number of ether oxygens (including phenoxy) is 2. The van der Waals surface area contributed by atoms with E-state index in [1.165, 1.54) is 5.56 Å². The molecule has 3 atom stereocenters. The molecule has 0 amide bonds. The van der Waals surface area contributed by atoms with Crippen molar-refractivity contribution in [1.29, 1.82) is 0 Å². The van der Waals surface area contributed by atoms with E-state index < -0.39 is 0 Å². The fourth-order valence-electron chi connectivity index (χ4n) is 2.53. The first-order chi connectivity index (χ1) is 9.11. The molecule has 1 heterocycles. The molecular weight excluding hydrogens is 306 g/mol. The molecule has 1 aromatic carbocycles. The number of hydrogen-bond acceptors (Lipinski definition) is 3. The van der Waals surface area contributed by atoms with Gasteiger partial charge in [0, 0.05) is 18.7 Å². The SMILES string of the molecule is COc1ccc(C(C)NC(C)C2CCOC2)cc1Br. The third-order valence-corrected chi connectivity index (χ3v) is 4.48. The highest BCUT2D eigenvalue weighted by Crippen LogP contribution is 2.28. The zero-order chi connectivity index (χ0) is 13.8. The Labute approximate surface area is 123 Å². The predicted molar refractivity (Wildman–Crippen MR) is 80.6 cm³/mol. The number of hydrogen-bond donors (Lipinski definition) is 1. The smallest absolute Gasteiger partial charge is 0.133 e. The van der Waals surface area contributed by atoms with Crippen LogP contribution in [-0.4, -0.2) is 26.4 Å². The van der Waals surface area contributed by atoms with Crippen molar-refractivity contribution in [2.75, 3.05) is 20.3 Å². The topological polar surface area (TPSA) is 30.5 Å². The van der Waals surface area contributed by atoms with Gasteiger partial charge in [0.05, 0.1) is 18.2 Å². The van der Waals surface area contributed by atoms with E-state index in [0.29, 0.717) is 18.0 Å². The monoisotopic (exact) mass is 327 g/mol. The number of halogens is 1. The maximum Gasteiger partial charge on any atom is 0.133 e. The summed E-state index contributed by atoms with van der Waals surface area (Å²) < 4.78 is 11.7. The minimum Gasteiger partial charge on any atom is -0.496 e. The number of nitrogens with one attached hydrogen (secondary N) is 1. The van der Waals surface area contributed by atoms with Crippen molar-refractivity contribution >= 4 is 15.9 Å². The molecule has 1 saturated heterocycles. The molecule has 0 spiro atoms. The lowest BCUT2D eigenvalue weighted by Gasteiger charge is -2.24. The average Bonchev–Trinajstić information content (AvgIpc) is 2.92. The van der Waals surface area contributed by atoms with Crippen molar-refractivity contribution in [3.63, 3.8) is 0 Å². The van der Waals surface area contributed by atoms with E-state index in [1.54, 1.807) is 7.11 Å². The Morgan fingerprint density at radius 2 is 2.21 bits per heavy atom. The van der Waals surface area contributed by atoms with Crippen LogP contribution in [0, 0.1) is 5.92 Å². The van der Waals surface area contributed by atoms with Crippen molar-refractivity contribution in [2.24, 2.45) is 5.92 Å². The van der Waals surface area contributed by atoms with Gasteiger partial charge in [0.25, 0.3) is 0 Å². The third-order valence-electron chi connectivity index (χ3n) is 3.86. The van der Waals surface area contributed by atoms with E-state index in [1.807, 2.05) is 6.07 Å². The first-order valence-corrected chi connectivity index (χ1v) is 7.58. The second kappa shape index (κ2) is 6.73. The van der Waals surface area contributed by atoms with Gasteiger partial charge in [-0.2, -0.15) is 0 Å². The molecule has 1 aliphatic heterocycles. The van der Waals surface area contributed by atoms with Crippen molar-refractivity contribution in [3.8, 4) is 5.75 Å². The molecule has 1 aliphatic rings. The van der Waals surface area contributed by atoms with E-state index in [9.17, 15) is 0 Å². The van der Waals surface area contributed by atoms with Crippen LogP contribution in [0.3, 0.4) is 0 Å². The second-order valence-electron chi connectivity index (χ2n) is 5.19. The van der Waals surface area contributed by atoms with Gasteiger partial charge in [0.1, 0.15) is 5.75 Å². The molecule has 0 bridgehead atoms.